The van der Waals surface area contributed by atoms with E-state index in [9.17, 15) is 28.8 Å². The molecule has 0 saturated carbocycles. The molecule has 4 amide bonds. The maximum absolute atomic E-state index is 14.8. The number of rotatable bonds is 21. The molecule has 2 N–H and O–H groups in total. The molecule has 6 aromatic rings. The summed E-state index contributed by atoms with van der Waals surface area (Å²) in [4.78, 5) is 97.0. The van der Waals surface area contributed by atoms with Crippen molar-refractivity contribution in [1.29, 1.82) is 0 Å². The van der Waals surface area contributed by atoms with Crippen LogP contribution in [-0.4, -0.2) is 165 Å². The Morgan fingerprint density at radius 3 is 2.11 bits per heavy atom. The molecule has 22 nitrogen and oxygen atoms in total. The van der Waals surface area contributed by atoms with Gasteiger partial charge in [-0.3, -0.25) is 28.3 Å². The number of hydrogen-bond donors (Lipinski definition) is 2. The average molecular weight is 1120 g/mol. The van der Waals surface area contributed by atoms with Crippen LogP contribution in [0.5, 0.6) is 5.75 Å². The summed E-state index contributed by atoms with van der Waals surface area (Å²) < 4.78 is 47.1. The number of nitrogens with one attached hydrogen (secondary N) is 2. The van der Waals surface area contributed by atoms with E-state index in [2.05, 4.69) is 10.6 Å². The number of carbonyl (C=O) groups excluding carboxylic acids is 6. The van der Waals surface area contributed by atoms with Gasteiger partial charge in [-0.25, -0.2) is 19.6 Å². The zero-order chi connectivity index (χ0) is 57.5. The van der Waals surface area contributed by atoms with Crippen molar-refractivity contribution in [3.05, 3.63) is 102 Å². The van der Waals surface area contributed by atoms with Gasteiger partial charge < -0.3 is 58.3 Å². The van der Waals surface area contributed by atoms with Gasteiger partial charge in [0.2, 0.25) is 5.91 Å². The van der Waals surface area contributed by atoms with Crippen LogP contribution in [0.15, 0.2) is 79.0 Å². The number of amides is 4. The summed E-state index contributed by atoms with van der Waals surface area (Å²) in [6, 6.07) is 18.9. The molecule has 9 rings (SSSR count). The molecule has 0 spiro atoms. The van der Waals surface area contributed by atoms with Gasteiger partial charge in [0, 0.05) is 56.3 Å². The van der Waals surface area contributed by atoms with Crippen molar-refractivity contribution in [1.82, 2.24) is 39.5 Å². The molecule has 81 heavy (non-hydrogen) atoms. The lowest BCUT2D eigenvalue weighted by molar-refractivity contribution is -0.137. The molecule has 2 saturated heterocycles. The van der Waals surface area contributed by atoms with Crippen LogP contribution in [0.4, 0.5) is 9.59 Å². The SMILES string of the molecule is COCCOCC(=O)n1c(-c2ccc3c(c2)COc2cc4c(ccc5nc([C@H]6CC[C@@H](C)N6C(=O)[C@H](NC(=O)OC)C(C)C)n(C(=O)COCCOC)c54)cc2-3)cnc1[C@H]1C[C@@H](COC)CN1C(=O)[C@@H](NC(=O)OC)c1ccccc1. The normalized spacial score (nSPS) is 18.3. The second kappa shape index (κ2) is 25.8. The van der Waals surface area contributed by atoms with Gasteiger partial charge in [0.05, 0.1) is 82.3 Å². The molecular formula is C59H70N8O14. The van der Waals surface area contributed by atoms with E-state index in [4.69, 9.17) is 47.9 Å². The minimum absolute atomic E-state index is 0.130. The number of fused-ring (bicyclic) bond motifs is 6. The molecule has 0 radical (unpaired) electrons. The number of aromatic nitrogens is 4. The van der Waals surface area contributed by atoms with Crippen LogP contribution in [0.2, 0.25) is 0 Å². The van der Waals surface area contributed by atoms with Crippen molar-refractivity contribution in [2.45, 2.75) is 76.8 Å². The van der Waals surface area contributed by atoms with Crippen LogP contribution >= 0.6 is 0 Å². The monoisotopic (exact) mass is 1110 g/mol. The van der Waals surface area contributed by atoms with Crippen LogP contribution in [0.3, 0.4) is 0 Å². The number of ether oxygens (including phenoxy) is 8. The first-order valence-corrected chi connectivity index (χ1v) is 27.1. The van der Waals surface area contributed by atoms with Gasteiger partial charge in [-0.2, -0.15) is 0 Å². The molecule has 2 aromatic heterocycles. The maximum Gasteiger partial charge on any atom is 0.407 e. The highest BCUT2D eigenvalue weighted by molar-refractivity contribution is 6.10. The zero-order valence-corrected chi connectivity index (χ0v) is 46.9. The van der Waals surface area contributed by atoms with Crippen LogP contribution in [0.1, 0.15) is 90.5 Å². The lowest BCUT2D eigenvalue weighted by Gasteiger charge is -2.33. The van der Waals surface area contributed by atoms with Crippen LogP contribution in [0, 0.1) is 11.8 Å². The molecule has 5 heterocycles. The van der Waals surface area contributed by atoms with Crippen LogP contribution in [-0.2, 0) is 49.4 Å². The third-order valence-corrected chi connectivity index (χ3v) is 15.2. The van der Waals surface area contributed by atoms with Crippen molar-refractivity contribution in [2.24, 2.45) is 11.8 Å². The summed E-state index contributed by atoms with van der Waals surface area (Å²) in [7, 11) is 7.17. The smallest absolute Gasteiger partial charge is 0.407 e. The second-order valence-electron chi connectivity index (χ2n) is 20.8. The summed E-state index contributed by atoms with van der Waals surface area (Å²) >= 11 is 0. The second-order valence-corrected chi connectivity index (χ2v) is 20.8. The number of hydrogen-bond acceptors (Lipinski definition) is 16. The average Bonchev–Trinajstić information content (AvgIpc) is 4.34. The molecule has 22 heteroatoms. The van der Waals surface area contributed by atoms with Crippen molar-refractivity contribution in [3.8, 4) is 28.1 Å². The number of benzene rings is 4. The van der Waals surface area contributed by atoms with Gasteiger partial charge in [-0.15, -0.1) is 0 Å². The third kappa shape index (κ3) is 12.0. The number of carbonyl (C=O) groups is 6. The van der Waals surface area contributed by atoms with E-state index in [0.29, 0.717) is 76.5 Å². The number of imidazole rings is 2. The molecular weight excluding hydrogens is 1040 g/mol. The largest absolute Gasteiger partial charge is 0.488 e. The first-order valence-electron chi connectivity index (χ1n) is 27.1. The topological polar surface area (TPSA) is 242 Å². The molecule has 3 aliphatic rings. The lowest BCUT2D eigenvalue weighted by Crippen LogP contribution is -2.52. The number of nitrogens with zero attached hydrogens (tertiary/aromatic N) is 6. The summed E-state index contributed by atoms with van der Waals surface area (Å²) in [5, 5.41) is 6.91. The maximum atomic E-state index is 14.8. The van der Waals surface area contributed by atoms with Gasteiger partial charge in [0.15, 0.2) is 0 Å². The van der Waals surface area contributed by atoms with Crippen LogP contribution in [0.25, 0.3) is 44.2 Å². The minimum Gasteiger partial charge on any atom is -0.488 e. The Kier molecular flexibility index (Phi) is 18.4. The lowest BCUT2D eigenvalue weighted by atomic mass is 9.92. The van der Waals surface area contributed by atoms with Gasteiger partial charge in [-0.05, 0) is 78.4 Å². The van der Waals surface area contributed by atoms with E-state index in [1.54, 1.807) is 66.2 Å². The molecule has 0 unspecified atom stereocenters. The molecule has 430 valence electrons. The highest BCUT2D eigenvalue weighted by Crippen LogP contribution is 2.45. The molecule has 4 aromatic carbocycles. The Morgan fingerprint density at radius 2 is 1.43 bits per heavy atom. The Morgan fingerprint density at radius 1 is 0.728 bits per heavy atom. The third-order valence-electron chi connectivity index (χ3n) is 15.2. The zero-order valence-electron chi connectivity index (χ0n) is 46.9. The molecule has 0 bridgehead atoms. The highest BCUT2D eigenvalue weighted by Gasteiger charge is 2.45. The van der Waals surface area contributed by atoms with E-state index < -0.39 is 48.2 Å². The van der Waals surface area contributed by atoms with Gasteiger partial charge in [0.25, 0.3) is 17.7 Å². The highest BCUT2D eigenvalue weighted by atomic mass is 16.5. The Hall–Kier alpha value is -7.76. The fraction of sp³-hybridized carbons (Fsp3) is 0.458. The predicted octanol–water partition coefficient (Wildman–Crippen LogP) is 7.28. The Bertz CT molecular complexity index is 3290. The Labute approximate surface area is 469 Å². The van der Waals surface area contributed by atoms with E-state index in [-0.39, 0.29) is 82.5 Å². The summed E-state index contributed by atoms with van der Waals surface area (Å²) in [5.74, 6) is -0.663. The quantitative estimate of drug-likeness (QED) is 0.0673. The number of methoxy groups -OCH3 is 5. The van der Waals surface area contributed by atoms with Gasteiger partial charge in [0.1, 0.15) is 49.3 Å². The summed E-state index contributed by atoms with van der Waals surface area (Å²) in [6.45, 7) is 6.69. The van der Waals surface area contributed by atoms with Crippen molar-refractivity contribution >= 4 is 57.6 Å². The molecule has 2 fully saturated rings. The first kappa shape index (κ1) is 57.9. The van der Waals surface area contributed by atoms with Gasteiger partial charge in [-0.1, -0.05) is 62.4 Å². The van der Waals surface area contributed by atoms with E-state index in [0.717, 1.165) is 22.1 Å². The van der Waals surface area contributed by atoms with Crippen molar-refractivity contribution in [3.63, 3.8) is 0 Å². The summed E-state index contributed by atoms with van der Waals surface area (Å²) in [5.41, 5.74) is 5.24. The first-order chi connectivity index (χ1) is 39.2. The van der Waals surface area contributed by atoms with E-state index in [1.807, 2.05) is 69.3 Å². The van der Waals surface area contributed by atoms with E-state index in [1.165, 1.54) is 18.8 Å². The minimum atomic E-state index is -1.11. The predicted molar refractivity (Wildman–Crippen MR) is 296 cm³/mol. The van der Waals surface area contributed by atoms with Crippen molar-refractivity contribution in [2.75, 3.05) is 88.3 Å². The van der Waals surface area contributed by atoms with E-state index >= 15 is 0 Å². The van der Waals surface area contributed by atoms with Crippen LogP contribution < -0.4 is 15.4 Å². The standard InChI is InChI=1S/C59H70N8O14/c1-34(2)51(62-58(72)77-7)57(71)65-35(3)14-19-45(65)55-61-44-18-16-38-26-43-41-17-15-39(25-40(41)31-81-48(43)27-42(38)53(44)67(55)50(69)33-80-23-21-75-5)47-28-60-54(66(47)49(68)32-79-22-20-74-4)46-24-36(30-76-6)29-64(46)56(70)52(63-59(73)78-8)37-12-10-9-11-13-37/h9-13,15-18,25-28,34-36,45-46,51-52H,14,19-24,29-33H2,1-8H3,(H,62,72)(H,63,73)/t35-,36-,45-,46-,51-,52+/m1/s1. The molecule has 3 aliphatic heterocycles. The number of alkyl carbamates (subject to hydrolysis) is 2. The van der Waals surface area contributed by atoms with Gasteiger partial charge >= 0.3 is 12.2 Å². The molecule has 0 aliphatic carbocycles. The van der Waals surface area contributed by atoms with Crippen molar-refractivity contribution < 1.29 is 66.7 Å². The fourth-order valence-electron chi connectivity index (χ4n) is 11.3. The summed E-state index contributed by atoms with van der Waals surface area (Å²) in [6.07, 6.45) is 1.68. The Balaban J connectivity index is 1.10. The molecule has 6 atom stereocenters. The number of likely N-dealkylation sites (tertiary alicyclic amines) is 2. The fourth-order valence-corrected chi connectivity index (χ4v) is 11.3.